The van der Waals surface area contributed by atoms with Gasteiger partial charge in [-0.2, -0.15) is 0 Å². The summed E-state index contributed by atoms with van der Waals surface area (Å²) < 4.78 is 0. The van der Waals surface area contributed by atoms with Crippen LogP contribution >= 0.6 is 11.6 Å². The second kappa shape index (κ2) is 5.74. The Morgan fingerprint density at radius 2 is 1.78 bits per heavy atom. The molecule has 0 aromatic heterocycles. The number of nitrogens with one attached hydrogen (secondary N) is 1. The number of para-hydroxylation sites is 1. The lowest BCUT2D eigenvalue weighted by atomic mass is 10.1. The van der Waals surface area contributed by atoms with Crippen molar-refractivity contribution < 1.29 is 4.79 Å². The van der Waals surface area contributed by atoms with Crippen molar-refractivity contribution in [2.24, 2.45) is 0 Å². The predicted octanol–water partition coefficient (Wildman–Crippen LogP) is 4.32. The maximum Gasteiger partial charge on any atom is 0.258 e. The van der Waals surface area contributed by atoms with Gasteiger partial charge in [0.25, 0.3) is 5.91 Å². The van der Waals surface area contributed by atoms with Crippen LogP contribution in [0, 0.1) is 0 Å². The summed E-state index contributed by atoms with van der Waals surface area (Å²) in [4.78, 5) is 14.8. The van der Waals surface area contributed by atoms with Gasteiger partial charge in [-0.25, -0.2) is 0 Å². The summed E-state index contributed by atoms with van der Waals surface area (Å²) in [7, 11) is 0. The van der Waals surface area contributed by atoms with Crippen molar-refractivity contribution >= 4 is 29.3 Å². The van der Waals surface area contributed by atoms with Gasteiger partial charge >= 0.3 is 0 Å². The third-order valence-corrected chi connectivity index (χ3v) is 4.58. The number of anilines is 1. The summed E-state index contributed by atoms with van der Waals surface area (Å²) in [6, 6.07) is 17.8. The molecule has 1 atom stereocenters. The number of carbonyl (C=O) groups is 1. The molecule has 1 aliphatic carbocycles. The summed E-state index contributed by atoms with van der Waals surface area (Å²) in [6.07, 6.45) is 3.71. The highest BCUT2D eigenvalue weighted by atomic mass is 35.5. The molecular weight excluding hydrogens is 308 g/mol. The first-order chi connectivity index (χ1) is 11.2. The Kier molecular flexibility index (Phi) is 3.58. The van der Waals surface area contributed by atoms with E-state index >= 15 is 0 Å². The number of benzene rings is 2. The molecule has 2 aromatic rings. The topological polar surface area (TPSA) is 32.3 Å². The van der Waals surface area contributed by atoms with Crippen LogP contribution in [0.4, 0.5) is 5.69 Å². The Morgan fingerprint density at radius 3 is 2.52 bits per heavy atom. The number of hydrogen-bond donors (Lipinski definition) is 1. The molecule has 0 spiro atoms. The van der Waals surface area contributed by atoms with Crippen LogP contribution in [-0.4, -0.2) is 23.0 Å². The minimum Gasteiger partial charge on any atom is -0.360 e. The molecule has 0 saturated heterocycles. The Balaban J connectivity index is 1.72. The molecule has 1 N–H and O–H groups in total. The number of halogens is 1. The quantitative estimate of drug-likeness (QED) is 0.911. The van der Waals surface area contributed by atoms with Crippen LogP contribution in [0.5, 0.6) is 0 Å². The summed E-state index contributed by atoms with van der Waals surface area (Å²) in [5.74, 6) is 0.0615. The fourth-order valence-electron chi connectivity index (χ4n) is 2.99. The van der Waals surface area contributed by atoms with Crippen molar-refractivity contribution in [2.75, 3.05) is 5.32 Å². The van der Waals surface area contributed by atoms with E-state index in [1.54, 1.807) is 0 Å². The number of carbonyl (C=O) groups excluding carboxylic acids is 1. The molecule has 1 heterocycles. The highest BCUT2D eigenvalue weighted by Gasteiger charge is 2.42. The molecule has 2 aromatic carbocycles. The van der Waals surface area contributed by atoms with E-state index in [2.05, 4.69) is 5.32 Å². The van der Waals surface area contributed by atoms with Crippen molar-refractivity contribution in [2.45, 2.75) is 25.0 Å². The van der Waals surface area contributed by atoms with Crippen LogP contribution in [0.3, 0.4) is 0 Å². The van der Waals surface area contributed by atoms with Gasteiger partial charge in [0.2, 0.25) is 0 Å². The van der Waals surface area contributed by atoms with E-state index in [0.717, 1.165) is 29.7 Å². The Morgan fingerprint density at radius 1 is 1.09 bits per heavy atom. The average molecular weight is 325 g/mol. The van der Waals surface area contributed by atoms with Gasteiger partial charge in [-0.1, -0.05) is 54.1 Å². The van der Waals surface area contributed by atoms with E-state index in [1.807, 2.05) is 65.6 Å². The Hall–Kier alpha value is -2.26. The summed E-state index contributed by atoms with van der Waals surface area (Å²) in [5, 5.41) is 4.05. The third-order valence-electron chi connectivity index (χ3n) is 4.27. The maximum atomic E-state index is 12.9. The Labute approximate surface area is 140 Å². The van der Waals surface area contributed by atoms with E-state index in [9.17, 15) is 4.79 Å². The predicted molar refractivity (Wildman–Crippen MR) is 93.3 cm³/mol. The summed E-state index contributed by atoms with van der Waals surface area (Å²) in [5.41, 5.74) is 2.60. The standard InChI is InChI=1S/C19H17ClN2O/c20-16(12-13-6-2-1-3-7-13)18-21-17-9-5-4-8-15(17)19(23)22(18)14-10-11-14/h1-9,12,14,18,21H,10-11H2. The lowest BCUT2D eigenvalue weighted by molar-refractivity contribution is 0.0700. The third kappa shape index (κ3) is 2.73. The summed E-state index contributed by atoms with van der Waals surface area (Å²) >= 11 is 6.60. The smallest absolute Gasteiger partial charge is 0.258 e. The SMILES string of the molecule is O=C1c2ccccc2NC(C(Cl)=Cc2ccccc2)N1C1CC1. The van der Waals surface area contributed by atoms with Gasteiger partial charge in [0.1, 0.15) is 6.17 Å². The van der Waals surface area contributed by atoms with Crippen molar-refractivity contribution in [3.8, 4) is 0 Å². The zero-order valence-electron chi connectivity index (χ0n) is 12.6. The molecule has 1 aliphatic heterocycles. The summed E-state index contributed by atoms with van der Waals surface area (Å²) in [6.45, 7) is 0. The van der Waals surface area contributed by atoms with Gasteiger partial charge in [0.15, 0.2) is 0 Å². The van der Waals surface area contributed by atoms with Crippen LogP contribution in [-0.2, 0) is 0 Å². The number of nitrogens with zero attached hydrogens (tertiary/aromatic N) is 1. The number of hydrogen-bond acceptors (Lipinski definition) is 2. The molecule has 1 saturated carbocycles. The van der Waals surface area contributed by atoms with Gasteiger partial charge in [-0.05, 0) is 36.6 Å². The lowest BCUT2D eigenvalue weighted by Crippen LogP contribution is -2.50. The lowest BCUT2D eigenvalue weighted by Gasteiger charge is -2.38. The molecule has 1 unspecified atom stereocenters. The molecule has 2 aliphatic rings. The largest absolute Gasteiger partial charge is 0.360 e. The fraction of sp³-hybridized carbons (Fsp3) is 0.211. The molecule has 3 nitrogen and oxygen atoms in total. The van der Waals surface area contributed by atoms with Crippen LogP contribution in [0.25, 0.3) is 6.08 Å². The number of fused-ring (bicyclic) bond motifs is 1. The molecular formula is C19H17ClN2O. The fourth-order valence-corrected chi connectivity index (χ4v) is 3.27. The highest BCUT2D eigenvalue weighted by Crippen LogP contribution is 2.38. The van der Waals surface area contributed by atoms with E-state index < -0.39 is 0 Å². The number of rotatable bonds is 3. The first-order valence-corrected chi connectivity index (χ1v) is 8.22. The van der Waals surface area contributed by atoms with E-state index in [-0.39, 0.29) is 18.1 Å². The zero-order valence-corrected chi connectivity index (χ0v) is 13.3. The molecule has 23 heavy (non-hydrogen) atoms. The number of amides is 1. The van der Waals surface area contributed by atoms with Crippen LogP contribution in [0.2, 0.25) is 0 Å². The van der Waals surface area contributed by atoms with Gasteiger partial charge in [-0.3, -0.25) is 4.79 Å². The second-order valence-corrected chi connectivity index (χ2v) is 6.41. The molecule has 0 bridgehead atoms. The Bertz CT molecular complexity index is 768. The maximum absolute atomic E-state index is 12.9. The van der Waals surface area contributed by atoms with Gasteiger partial charge in [-0.15, -0.1) is 0 Å². The monoisotopic (exact) mass is 324 g/mol. The normalized spacial score (nSPS) is 20.9. The molecule has 4 rings (SSSR count). The molecule has 1 fully saturated rings. The van der Waals surface area contributed by atoms with Crippen molar-refractivity contribution in [1.29, 1.82) is 0 Å². The molecule has 116 valence electrons. The van der Waals surface area contributed by atoms with Gasteiger partial charge in [0.05, 0.1) is 10.6 Å². The minimum atomic E-state index is -0.299. The first-order valence-electron chi connectivity index (χ1n) is 7.84. The molecule has 1 amide bonds. The van der Waals surface area contributed by atoms with Crippen LogP contribution < -0.4 is 5.32 Å². The van der Waals surface area contributed by atoms with Crippen molar-refractivity contribution in [3.63, 3.8) is 0 Å². The van der Waals surface area contributed by atoms with Crippen molar-refractivity contribution in [1.82, 2.24) is 4.90 Å². The first kappa shape index (κ1) is 14.3. The van der Waals surface area contributed by atoms with Crippen LogP contribution in [0.1, 0.15) is 28.8 Å². The van der Waals surface area contributed by atoms with Gasteiger partial charge < -0.3 is 10.2 Å². The van der Waals surface area contributed by atoms with E-state index in [4.69, 9.17) is 11.6 Å². The van der Waals surface area contributed by atoms with Crippen molar-refractivity contribution in [3.05, 3.63) is 70.8 Å². The second-order valence-electron chi connectivity index (χ2n) is 5.98. The zero-order chi connectivity index (χ0) is 15.8. The minimum absolute atomic E-state index is 0.0615. The van der Waals surface area contributed by atoms with E-state index in [1.165, 1.54) is 0 Å². The highest BCUT2D eigenvalue weighted by molar-refractivity contribution is 6.32. The van der Waals surface area contributed by atoms with E-state index in [0.29, 0.717) is 5.03 Å². The molecule has 0 radical (unpaired) electrons. The van der Waals surface area contributed by atoms with Gasteiger partial charge in [0, 0.05) is 11.7 Å². The average Bonchev–Trinajstić information content (AvgIpc) is 3.40. The van der Waals surface area contributed by atoms with Crippen LogP contribution in [0.15, 0.2) is 59.6 Å². The molecule has 4 heteroatoms.